The van der Waals surface area contributed by atoms with Gasteiger partial charge in [-0.25, -0.2) is 0 Å². The number of rotatable bonds is 4. The highest BCUT2D eigenvalue weighted by atomic mass is 16.5. The summed E-state index contributed by atoms with van der Waals surface area (Å²) in [5.41, 5.74) is 0.717. The maximum Gasteiger partial charge on any atom is 0.265 e. The molecule has 3 aliphatic rings. The number of fused-ring (bicyclic) bond motifs is 1. The second-order valence-electron chi connectivity index (χ2n) is 8.12. The third-order valence-corrected chi connectivity index (χ3v) is 6.33. The Morgan fingerprint density at radius 2 is 1.56 bits per heavy atom. The van der Waals surface area contributed by atoms with Crippen LogP contribution in [0.4, 0.5) is 5.69 Å². The van der Waals surface area contributed by atoms with Gasteiger partial charge < -0.3 is 9.64 Å². The van der Waals surface area contributed by atoms with E-state index in [0.29, 0.717) is 23.5 Å². The lowest BCUT2D eigenvalue weighted by Crippen LogP contribution is -2.53. The quantitative estimate of drug-likeness (QED) is 0.807. The van der Waals surface area contributed by atoms with E-state index in [1.54, 1.807) is 4.90 Å². The minimum Gasteiger partial charge on any atom is -0.482 e. The first-order valence-corrected chi connectivity index (χ1v) is 10.6. The van der Waals surface area contributed by atoms with Crippen molar-refractivity contribution in [2.24, 2.45) is 0 Å². The lowest BCUT2D eigenvalue weighted by molar-refractivity contribution is -0.138. The maximum atomic E-state index is 13.5. The van der Waals surface area contributed by atoms with Crippen molar-refractivity contribution >= 4 is 17.5 Å². The average Bonchev–Trinajstić information content (AvgIpc) is 2.72. The van der Waals surface area contributed by atoms with E-state index in [0.717, 1.165) is 25.7 Å². The molecule has 146 valence electrons. The predicted octanol–water partition coefficient (Wildman–Crippen LogP) is 3.91. The second kappa shape index (κ2) is 8.32. The number of carbonyl (C=O) groups excluding carboxylic acids is 2. The molecule has 2 fully saturated rings. The van der Waals surface area contributed by atoms with E-state index in [1.165, 1.54) is 38.5 Å². The molecule has 0 N–H and O–H groups in total. The molecule has 0 aromatic heterocycles. The summed E-state index contributed by atoms with van der Waals surface area (Å²) in [7, 11) is 0. The molecule has 0 unspecified atom stereocenters. The average molecular weight is 370 g/mol. The molecule has 2 amide bonds. The van der Waals surface area contributed by atoms with E-state index in [4.69, 9.17) is 4.74 Å². The van der Waals surface area contributed by atoms with Gasteiger partial charge in [0.1, 0.15) is 12.3 Å². The van der Waals surface area contributed by atoms with E-state index in [2.05, 4.69) is 4.90 Å². The zero-order chi connectivity index (χ0) is 18.6. The number of para-hydroxylation sites is 2. The molecule has 4 rings (SSSR count). The van der Waals surface area contributed by atoms with Crippen LogP contribution in [0, 0.1) is 0 Å². The zero-order valence-electron chi connectivity index (χ0n) is 16.1. The summed E-state index contributed by atoms with van der Waals surface area (Å²) in [5, 5.41) is 0. The summed E-state index contributed by atoms with van der Waals surface area (Å²) in [6, 6.07) is 8.20. The number of benzene rings is 1. The van der Waals surface area contributed by atoms with Gasteiger partial charge in [-0.2, -0.15) is 0 Å². The molecule has 5 heteroatoms. The van der Waals surface area contributed by atoms with Gasteiger partial charge in [-0.3, -0.25) is 14.5 Å². The Morgan fingerprint density at radius 1 is 0.963 bits per heavy atom. The minimum absolute atomic E-state index is 0.0111. The van der Waals surface area contributed by atoms with Crippen LogP contribution in [-0.2, 0) is 9.59 Å². The molecule has 0 radical (unpaired) electrons. The Balaban J connectivity index is 1.55. The maximum absolute atomic E-state index is 13.5. The first kappa shape index (κ1) is 18.3. The van der Waals surface area contributed by atoms with Crippen LogP contribution < -0.4 is 9.64 Å². The van der Waals surface area contributed by atoms with Gasteiger partial charge in [0.2, 0.25) is 5.91 Å². The molecule has 5 nitrogen and oxygen atoms in total. The van der Waals surface area contributed by atoms with Crippen LogP contribution in [0.5, 0.6) is 5.75 Å². The molecule has 0 atom stereocenters. The fourth-order valence-electron chi connectivity index (χ4n) is 4.97. The number of hydrogen-bond acceptors (Lipinski definition) is 3. The molecule has 27 heavy (non-hydrogen) atoms. The van der Waals surface area contributed by atoms with Gasteiger partial charge in [0.05, 0.1) is 5.69 Å². The molecule has 1 aromatic rings. The largest absolute Gasteiger partial charge is 0.482 e. The minimum atomic E-state index is -0.130. The highest BCUT2D eigenvalue weighted by Gasteiger charge is 2.35. The molecule has 2 saturated carbocycles. The van der Waals surface area contributed by atoms with Crippen molar-refractivity contribution in [1.29, 1.82) is 0 Å². The normalized spacial score (nSPS) is 21.5. The van der Waals surface area contributed by atoms with Crippen LogP contribution >= 0.6 is 0 Å². The summed E-state index contributed by atoms with van der Waals surface area (Å²) in [5.74, 6) is 0.667. The van der Waals surface area contributed by atoms with Gasteiger partial charge in [0.15, 0.2) is 6.61 Å². The van der Waals surface area contributed by atoms with Crippen molar-refractivity contribution in [2.45, 2.75) is 76.3 Å². The topological polar surface area (TPSA) is 49.9 Å². The lowest BCUT2D eigenvalue weighted by atomic mass is 9.88. The Hall–Kier alpha value is -2.04. The standard InChI is InChI=1S/C22H30N2O3/c25-21(15-23-19-13-7-8-14-20(19)27-16-22(23)26)24(17-9-3-1-4-10-17)18-11-5-2-6-12-18/h7-8,13-14,17-18H,1-6,9-12,15-16H2. The lowest BCUT2D eigenvalue weighted by Gasteiger charge is -2.43. The number of nitrogens with zero attached hydrogens (tertiary/aromatic N) is 2. The summed E-state index contributed by atoms with van der Waals surface area (Å²) in [4.78, 5) is 29.8. The molecular weight excluding hydrogens is 340 g/mol. The highest BCUT2D eigenvalue weighted by molar-refractivity contribution is 6.02. The Kier molecular flexibility index (Phi) is 5.65. The van der Waals surface area contributed by atoms with Crippen LogP contribution in [0.15, 0.2) is 24.3 Å². The van der Waals surface area contributed by atoms with E-state index < -0.39 is 0 Å². The van der Waals surface area contributed by atoms with Crippen molar-refractivity contribution in [3.8, 4) is 5.75 Å². The van der Waals surface area contributed by atoms with Crippen LogP contribution in [0.2, 0.25) is 0 Å². The van der Waals surface area contributed by atoms with Gasteiger partial charge in [-0.15, -0.1) is 0 Å². The fraction of sp³-hybridized carbons (Fsp3) is 0.636. The molecule has 1 aromatic carbocycles. The second-order valence-corrected chi connectivity index (χ2v) is 8.12. The van der Waals surface area contributed by atoms with Crippen LogP contribution in [0.25, 0.3) is 0 Å². The van der Waals surface area contributed by atoms with E-state index in [9.17, 15) is 9.59 Å². The molecule has 1 heterocycles. The van der Waals surface area contributed by atoms with Crippen LogP contribution in [0.3, 0.4) is 0 Å². The zero-order valence-corrected chi connectivity index (χ0v) is 16.1. The number of ether oxygens (including phenoxy) is 1. The third kappa shape index (κ3) is 3.97. The van der Waals surface area contributed by atoms with Gasteiger partial charge in [-0.05, 0) is 37.8 Å². The van der Waals surface area contributed by atoms with Crippen molar-refractivity contribution in [1.82, 2.24) is 4.90 Å². The molecule has 1 aliphatic heterocycles. The monoisotopic (exact) mass is 370 g/mol. The number of amides is 2. The van der Waals surface area contributed by atoms with Crippen LogP contribution in [-0.4, -0.2) is 41.9 Å². The third-order valence-electron chi connectivity index (χ3n) is 6.33. The number of carbonyl (C=O) groups is 2. The molecule has 0 spiro atoms. The summed E-state index contributed by atoms with van der Waals surface area (Å²) in [6.07, 6.45) is 11.8. The van der Waals surface area contributed by atoms with Gasteiger partial charge in [0.25, 0.3) is 5.91 Å². The molecule has 0 bridgehead atoms. The molecule has 2 aliphatic carbocycles. The SMILES string of the molecule is O=C1COc2ccccc2N1CC(=O)N(C1CCCCC1)C1CCCCC1. The van der Waals surface area contributed by atoms with Gasteiger partial charge >= 0.3 is 0 Å². The Bertz CT molecular complexity index is 660. The fourth-order valence-corrected chi connectivity index (χ4v) is 4.97. The van der Waals surface area contributed by atoms with Crippen molar-refractivity contribution < 1.29 is 14.3 Å². The van der Waals surface area contributed by atoms with Crippen molar-refractivity contribution in [2.75, 3.05) is 18.1 Å². The van der Waals surface area contributed by atoms with E-state index in [-0.39, 0.29) is 25.0 Å². The van der Waals surface area contributed by atoms with Crippen molar-refractivity contribution in [3.63, 3.8) is 0 Å². The van der Waals surface area contributed by atoms with E-state index >= 15 is 0 Å². The van der Waals surface area contributed by atoms with Gasteiger partial charge in [-0.1, -0.05) is 50.7 Å². The Morgan fingerprint density at radius 3 is 2.19 bits per heavy atom. The van der Waals surface area contributed by atoms with Crippen LogP contribution in [0.1, 0.15) is 64.2 Å². The summed E-state index contributed by atoms with van der Waals surface area (Å²) >= 11 is 0. The molecular formula is C22H30N2O3. The van der Waals surface area contributed by atoms with Crippen molar-refractivity contribution in [3.05, 3.63) is 24.3 Å². The Labute approximate surface area is 161 Å². The molecule has 0 saturated heterocycles. The predicted molar refractivity (Wildman–Crippen MR) is 105 cm³/mol. The summed E-state index contributed by atoms with van der Waals surface area (Å²) < 4.78 is 5.52. The van der Waals surface area contributed by atoms with Gasteiger partial charge in [0, 0.05) is 12.1 Å². The summed E-state index contributed by atoms with van der Waals surface area (Å²) in [6.45, 7) is 0.142. The smallest absolute Gasteiger partial charge is 0.265 e. The first-order chi connectivity index (χ1) is 13.2. The highest BCUT2D eigenvalue weighted by Crippen LogP contribution is 2.33. The number of anilines is 1. The van der Waals surface area contributed by atoms with E-state index in [1.807, 2.05) is 24.3 Å². The number of hydrogen-bond donors (Lipinski definition) is 0. The first-order valence-electron chi connectivity index (χ1n) is 10.6.